The fraction of sp³-hybridized carbons (Fsp3) is 0.533. The Labute approximate surface area is 132 Å². The van der Waals surface area contributed by atoms with Gasteiger partial charge in [0.05, 0.1) is 12.6 Å². The summed E-state index contributed by atoms with van der Waals surface area (Å²) in [7, 11) is 0. The first-order valence-electron chi connectivity index (χ1n) is 7.66. The van der Waals surface area contributed by atoms with Crippen LogP contribution in [0.5, 0.6) is 0 Å². The lowest BCUT2D eigenvalue weighted by molar-refractivity contribution is -0.00160. The fourth-order valence-corrected chi connectivity index (χ4v) is 3.11. The van der Waals surface area contributed by atoms with Gasteiger partial charge in [-0.25, -0.2) is 9.36 Å². The fourth-order valence-electron chi connectivity index (χ4n) is 3.11. The van der Waals surface area contributed by atoms with Gasteiger partial charge in [0.1, 0.15) is 6.23 Å². The van der Waals surface area contributed by atoms with E-state index in [2.05, 4.69) is 22.8 Å². The van der Waals surface area contributed by atoms with Crippen LogP contribution in [0.4, 0.5) is 5.95 Å². The van der Waals surface area contributed by atoms with Crippen molar-refractivity contribution in [1.29, 1.82) is 0 Å². The zero-order chi connectivity index (χ0) is 16.6. The van der Waals surface area contributed by atoms with E-state index in [1.807, 2.05) is 0 Å². The van der Waals surface area contributed by atoms with E-state index in [1.165, 1.54) is 9.13 Å². The molecule has 1 aliphatic heterocycles. The number of hydrogen-bond donors (Lipinski definition) is 2. The summed E-state index contributed by atoms with van der Waals surface area (Å²) in [6.07, 6.45) is 8.48. The predicted octanol–water partition coefficient (Wildman–Crippen LogP) is 0.579. The molecule has 2 unspecified atom stereocenters. The topological polar surface area (TPSA) is 108 Å². The number of nitrogens with one attached hydrogen (secondary N) is 1. The molecule has 0 saturated carbocycles. The molecule has 1 aliphatic rings. The standard InChI is InChI=1S/C15H19N5O3/c1-3-5-9-6-7-10(23-9)20-12-11(13(21)18-14(16)17-12)19(8-4-2)15(20)22/h2,9-10H,3,5-8H2,1H3,(H3,16,17,18,21). The van der Waals surface area contributed by atoms with E-state index in [0.29, 0.717) is 6.42 Å². The van der Waals surface area contributed by atoms with Crippen molar-refractivity contribution in [1.82, 2.24) is 19.1 Å². The minimum Gasteiger partial charge on any atom is -0.369 e. The van der Waals surface area contributed by atoms with Crippen molar-refractivity contribution in [2.45, 2.75) is 51.5 Å². The third-order valence-corrected chi connectivity index (χ3v) is 4.06. The highest BCUT2D eigenvalue weighted by Gasteiger charge is 2.31. The molecule has 3 heterocycles. The largest absolute Gasteiger partial charge is 0.369 e. The van der Waals surface area contributed by atoms with Crippen LogP contribution in [0.2, 0.25) is 0 Å². The average molecular weight is 317 g/mol. The zero-order valence-electron chi connectivity index (χ0n) is 12.9. The van der Waals surface area contributed by atoms with Crippen molar-refractivity contribution in [3.63, 3.8) is 0 Å². The first-order chi connectivity index (χ1) is 11.1. The average Bonchev–Trinajstić information content (AvgIpc) is 3.03. The molecule has 0 amide bonds. The predicted molar refractivity (Wildman–Crippen MR) is 85.9 cm³/mol. The molecule has 0 aliphatic carbocycles. The second kappa shape index (κ2) is 5.93. The molecule has 0 aromatic carbocycles. The molecule has 23 heavy (non-hydrogen) atoms. The Balaban J connectivity index is 2.18. The smallest absolute Gasteiger partial charge is 0.333 e. The molecule has 3 N–H and O–H groups in total. The highest BCUT2D eigenvalue weighted by molar-refractivity contribution is 5.71. The van der Waals surface area contributed by atoms with Gasteiger partial charge in [0.25, 0.3) is 5.56 Å². The van der Waals surface area contributed by atoms with Crippen molar-refractivity contribution < 1.29 is 4.74 Å². The maximum Gasteiger partial charge on any atom is 0.333 e. The Hall–Kier alpha value is -2.53. The van der Waals surface area contributed by atoms with E-state index in [0.717, 1.165) is 19.3 Å². The van der Waals surface area contributed by atoms with Crippen molar-refractivity contribution >= 4 is 17.1 Å². The van der Waals surface area contributed by atoms with Crippen molar-refractivity contribution in [3.05, 3.63) is 20.8 Å². The number of rotatable bonds is 4. The number of terminal acetylenes is 1. The molecule has 0 radical (unpaired) electrons. The van der Waals surface area contributed by atoms with E-state index >= 15 is 0 Å². The van der Waals surface area contributed by atoms with Gasteiger partial charge in [-0.05, 0) is 19.3 Å². The molecule has 2 atom stereocenters. The minimum absolute atomic E-state index is 0.0118. The molecule has 0 spiro atoms. The number of nitrogen functional groups attached to an aromatic ring is 1. The maximum atomic E-state index is 12.7. The van der Waals surface area contributed by atoms with E-state index in [-0.39, 0.29) is 29.8 Å². The second-order valence-corrected chi connectivity index (χ2v) is 5.64. The normalized spacial score (nSPS) is 20.9. The summed E-state index contributed by atoms with van der Waals surface area (Å²) in [6.45, 7) is 2.07. The molecule has 1 saturated heterocycles. The van der Waals surface area contributed by atoms with Gasteiger partial charge in [0.15, 0.2) is 11.2 Å². The number of ether oxygens (including phenoxy) is 1. The third-order valence-electron chi connectivity index (χ3n) is 4.06. The number of nitrogens with two attached hydrogens (primary N) is 1. The second-order valence-electron chi connectivity index (χ2n) is 5.64. The van der Waals surface area contributed by atoms with Crippen LogP contribution in [0, 0.1) is 12.3 Å². The summed E-state index contributed by atoms with van der Waals surface area (Å²) in [4.78, 5) is 31.4. The number of aromatic nitrogens is 4. The molecular formula is C15H19N5O3. The van der Waals surface area contributed by atoms with Crippen LogP contribution in [-0.2, 0) is 11.3 Å². The van der Waals surface area contributed by atoms with Gasteiger partial charge >= 0.3 is 5.69 Å². The Kier molecular flexibility index (Phi) is 3.96. The molecule has 1 fully saturated rings. The summed E-state index contributed by atoms with van der Waals surface area (Å²) >= 11 is 0. The molecule has 3 rings (SSSR count). The summed E-state index contributed by atoms with van der Waals surface area (Å²) in [5, 5.41) is 0. The van der Waals surface area contributed by atoms with Gasteiger partial charge in [-0.3, -0.25) is 14.3 Å². The Bertz CT molecular complexity index is 885. The van der Waals surface area contributed by atoms with E-state index in [9.17, 15) is 9.59 Å². The van der Waals surface area contributed by atoms with Gasteiger partial charge < -0.3 is 10.5 Å². The maximum absolute atomic E-state index is 12.7. The Morgan fingerprint density at radius 3 is 2.96 bits per heavy atom. The summed E-state index contributed by atoms with van der Waals surface area (Å²) in [6, 6.07) is 0. The van der Waals surface area contributed by atoms with Crippen molar-refractivity contribution in [2.24, 2.45) is 0 Å². The van der Waals surface area contributed by atoms with Crippen LogP contribution in [-0.4, -0.2) is 25.2 Å². The number of H-pyrrole nitrogens is 1. The van der Waals surface area contributed by atoms with Crippen molar-refractivity contribution in [3.8, 4) is 12.3 Å². The molecule has 2 aromatic rings. The molecule has 0 bridgehead atoms. The molecule has 8 nitrogen and oxygen atoms in total. The number of anilines is 1. The van der Waals surface area contributed by atoms with Crippen LogP contribution in [0.25, 0.3) is 11.2 Å². The van der Waals surface area contributed by atoms with E-state index in [4.69, 9.17) is 16.9 Å². The summed E-state index contributed by atoms with van der Waals surface area (Å²) in [5.74, 6) is 2.34. The number of aromatic amines is 1. The minimum atomic E-state index is -0.485. The third kappa shape index (κ3) is 2.53. The van der Waals surface area contributed by atoms with Gasteiger partial charge in [-0.2, -0.15) is 4.98 Å². The number of fused-ring (bicyclic) bond motifs is 1. The molecule has 122 valence electrons. The SMILES string of the molecule is C#CCn1c(=O)n(C2CCC(CCC)O2)c2nc(N)[nH]c(=O)c21. The summed E-state index contributed by atoms with van der Waals surface area (Å²) < 4.78 is 8.58. The lowest BCUT2D eigenvalue weighted by atomic mass is 10.1. The van der Waals surface area contributed by atoms with Crippen LogP contribution in [0.15, 0.2) is 9.59 Å². The van der Waals surface area contributed by atoms with Gasteiger partial charge in [0.2, 0.25) is 5.95 Å². The Morgan fingerprint density at radius 1 is 1.48 bits per heavy atom. The van der Waals surface area contributed by atoms with E-state index < -0.39 is 17.5 Å². The van der Waals surface area contributed by atoms with Gasteiger partial charge in [-0.15, -0.1) is 6.42 Å². The van der Waals surface area contributed by atoms with Gasteiger partial charge in [0, 0.05) is 0 Å². The lowest BCUT2D eigenvalue weighted by Gasteiger charge is -2.14. The van der Waals surface area contributed by atoms with Crippen LogP contribution in [0.3, 0.4) is 0 Å². The Morgan fingerprint density at radius 2 is 2.26 bits per heavy atom. The quantitative estimate of drug-likeness (QED) is 0.802. The van der Waals surface area contributed by atoms with Crippen molar-refractivity contribution in [2.75, 3.05) is 5.73 Å². The monoisotopic (exact) mass is 317 g/mol. The van der Waals surface area contributed by atoms with Crippen LogP contribution < -0.4 is 17.0 Å². The molecule has 8 heteroatoms. The highest BCUT2D eigenvalue weighted by Crippen LogP contribution is 2.31. The first kappa shape index (κ1) is 15.4. The zero-order valence-corrected chi connectivity index (χ0v) is 12.9. The van der Waals surface area contributed by atoms with Crippen LogP contribution >= 0.6 is 0 Å². The molecule has 2 aromatic heterocycles. The summed E-state index contributed by atoms with van der Waals surface area (Å²) in [5.41, 5.74) is 5.09. The lowest BCUT2D eigenvalue weighted by Crippen LogP contribution is -2.28. The van der Waals surface area contributed by atoms with Crippen LogP contribution in [0.1, 0.15) is 38.8 Å². The highest BCUT2D eigenvalue weighted by atomic mass is 16.5. The number of hydrogen-bond acceptors (Lipinski definition) is 5. The molecular weight excluding hydrogens is 298 g/mol. The number of imidazole rings is 1. The first-order valence-corrected chi connectivity index (χ1v) is 7.66. The van der Waals surface area contributed by atoms with Gasteiger partial charge in [-0.1, -0.05) is 19.3 Å². The van der Waals surface area contributed by atoms with E-state index in [1.54, 1.807) is 0 Å². The number of nitrogens with zero attached hydrogens (tertiary/aromatic N) is 3.